The van der Waals surface area contributed by atoms with Crippen molar-refractivity contribution in [3.8, 4) is 10.6 Å². The van der Waals surface area contributed by atoms with E-state index in [0.717, 1.165) is 61.7 Å². The van der Waals surface area contributed by atoms with Crippen molar-refractivity contribution in [3.05, 3.63) is 52.0 Å². The Morgan fingerprint density at radius 1 is 1.15 bits per heavy atom. The third kappa shape index (κ3) is 5.59. The highest BCUT2D eigenvalue weighted by Gasteiger charge is 2.41. The molecule has 3 aliphatic rings. The lowest BCUT2D eigenvalue weighted by Crippen LogP contribution is -2.34. The van der Waals surface area contributed by atoms with Crippen molar-refractivity contribution >= 4 is 38.7 Å². The molecule has 2 aliphatic heterocycles. The maximum atomic E-state index is 14.1. The molecule has 2 aromatic heterocycles. The van der Waals surface area contributed by atoms with E-state index in [1.165, 1.54) is 10.5 Å². The van der Waals surface area contributed by atoms with Crippen LogP contribution in [-0.4, -0.2) is 60.6 Å². The Labute approximate surface area is 240 Å². The Hall–Kier alpha value is -3.03. The van der Waals surface area contributed by atoms with E-state index >= 15 is 0 Å². The van der Waals surface area contributed by atoms with Crippen LogP contribution in [0.4, 0.5) is 24.8 Å². The van der Waals surface area contributed by atoms with E-state index in [1.54, 1.807) is 0 Å². The second-order valence-corrected chi connectivity index (χ2v) is 13.9. The lowest BCUT2D eigenvalue weighted by molar-refractivity contribution is -0.137. The molecule has 2 N–H and O–H groups in total. The topological polar surface area (TPSA) is 104 Å². The van der Waals surface area contributed by atoms with Gasteiger partial charge in [0.25, 0.3) is 5.91 Å². The van der Waals surface area contributed by atoms with Crippen LogP contribution >= 0.6 is 11.3 Å². The number of halogens is 3. The number of amides is 1. The number of aryl methyl sites for hydroxylation is 1. The van der Waals surface area contributed by atoms with Crippen molar-refractivity contribution in [3.63, 3.8) is 0 Å². The highest BCUT2D eigenvalue weighted by atomic mass is 32.2. The number of hydrogen-bond acceptors (Lipinski definition) is 8. The van der Waals surface area contributed by atoms with Crippen molar-refractivity contribution in [2.75, 3.05) is 30.7 Å². The molecule has 6 rings (SSSR count). The summed E-state index contributed by atoms with van der Waals surface area (Å²) in [7, 11) is -3.86. The third-order valence-corrected chi connectivity index (χ3v) is 10.9. The van der Waals surface area contributed by atoms with E-state index in [0.29, 0.717) is 24.2 Å². The second-order valence-electron chi connectivity index (χ2n) is 10.7. The average molecular weight is 606 g/mol. The molecule has 2 fully saturated rings. The zero-order chi connectivity index (χ0) is 28.9. The third-order valence-electron chi connectivity index (χ3n) is 7.97. The molecule has 8 nitrogen and oxygen atoms in total. The van der Waals surface area contributed by atoms with Crippen LogP contribution in [-0.2, 0) is 22.4 Å². The van der Waals surface area contributed by atoms with E-state index < -0.39 is 33.2 Å². The Bertz CT molecular complexity index is 1600. The van der Waals surface area contributed by atoms with Crippen LogP contribution in [0, 0.1) is 0 Å². The minimum Gasteiger partial charge on any atom is -0.334 e. The van der Waals surface area contributed by atoms with Gasteiger partial charge < -0.3 is 15.5 Å². The van der Waals surface area contributed by atoms with Crippen LogP contribution in [0.3, 0.4) is 0 Å². The van der Waals surface area contributed by atoms with Crippen LogP contribution in [0.15, 0.2) is 35.4 Å². The van der Waals surface area contributed by atoms with Gasteiger partial charge in [0.2, 0.25) is 5.95 Å². The van der Waals surface area contributed by atoms with Gasteiger partial charge in [0.15, 0.2) is 9.84 Å². The minimum absolute atomic E-state index is 0.0243. The number of fused-ring (bicyclic) bond motifs is 1. The summed E-state index contributed by atoms with van der Waals surface area (Å²) in [6, 6.07) is 7.20. The fourth-order valence-corrected chi connectivity index (χ4v) is 8.48. The number of anilines is 2. The highest BCUT2D eigenvalue weighted by Crippen LogP contribution is 2.43. The van der Waals surface area contributed by atoms with Crippen molar-refractivity contribution in [2.45, 2.75) is 62.1 Å². The van der Waals surface area contributed by atoms with Crippen LogP contribution in [0.2, 0.25) is 0 Å². The molecular formula is C28H30F3N5O3S2. The number of sulfone groups is 1. The lowest BCUT2D eigenvalue weighted by Gasteiger charge is -2.24. The van der Waals surface area contributed by atoms with E-state index in [2.05, 4.69) is 26.7 Å². The summed E-state index contributed by atoms with van der Waals surface area (Å²) in [6.45, 7) is 4.01. The summed E-state index contributed by atoms with van der Waals surface area (Å²) >= 11 is 0.738. The SMILES string of the molecule is CCc1cc(C2CCNCC2)ccc1Nc1ncc(C(F)(F)F)c(-c2cc3c(s2)C(=O)N(C2CC2)CCS3(=O)=O)n1. The lowest BCUT2D eigenvalue weighted by atomic mass is 9.88. The van der Waals surface area contributed by atoms with Gasteiger partial charge in [0.05, 0.1) is 21.2 Å². The number of piperidine rings is 1. The maximum absolute atomic E-state index is 14.1. The molecule has 218 valence electrons. The Morgan fingerprint density at radius 2 is 1.90 bits per heavy atom. The highest BCUT2D eigenvalue weighted by molar-refractivity contribution is 7.91. The van der Waals surface area contributed by atoms with E-state index in [9.17, 15) is 26.4 Å². The molecule has 0 bridgehead atoms. The van der Waals surface area contributed by atoms with Gasteiger partial charge in [-0.1, -0.05) is 19.1 Å². The number of nitrogens with one attached hydrogen (secondary N) is 2. The smallest absolute Gasteiger partial charge is 0.334 e. The van der Waals surface area contributed by atoms with Gasteiger partial charge in [-0.2, -0.15) is 13.2 Å². The molecule has 0 spiro atoms. The maximum Gasteiger partial charge on any atom is 0.420 e. The second kappa shape index (κ2) is 10.7. The van der Waals surface area contributed by atoms with E-state index in [-0.39, 0.29) is 38.9 Å². The van der Waals surface area contributed by atoms with Crippen LogP contribution in [0.1, 0.15) is 64.9 Å². The van der Waals surface area contributed by atoms with Crippen molar-refractivity contribution < 1.29 is 26.4 Å². The Morgan fingerprint density at radius 3 is 2.59 bits per heavy atom. The number of carbonyl (C=O) groups excluding carboxylic acids is 1. The molecule has 1 amide bonds. The first-order valence-corrected chi connectivity index (χ1v) is 16.2. The molecule has 0 radical (unpaired) electrons. The van der Waals surface area contributed by atoms with Gasteiger partial charge in [0, 0.05) is 24.5 Å². The number of carbonyl (C=O) groups is 1. The van der Waals surface area contributed by atoms with Crippen molar-refractivity contribution in [1.29, 1.82) is 0 Å². The summed E-state index contributed by atoms with van der Waals surface area (Å²) in [5.41, 5.74) is 1.36. The number of rotatable bonds is 6. The summed E-state index contributed by atoms with van der Waals surface area (Å²) < 4.78 is 68.3. The number of hydrogen-bond donors (Lipinski definition) is 2. The first-order valence-electron chi connectivity index (χ1n) is 13.8. The van der Waals surface area contributed by atoms with Gasteiger partial charge in [-0.3, -0.25) is 4.79 Å². The van der Waals surface area contributed by atoms with Crippen LogP contribution in [0.5, 0.6) is 0 Å². The Kier molecular flexibility index (Phi) is 7.31. The normalized spacial score (nSPS) is 19.6. The average Bonchev–Trinajstić information content (AvgIpc) is 3.69. The minimum atomic E-state index is -4.79. The fourth-order valence-electron chi connectivity index (χ4n) is 5.56. The van der Waals surface area contributed by atoms with Crippen LogP contribution in [0.25, 0.3) is 10.6 Å². The standard InChI is InChI=1S/C28H30F3N5O3S2/c1-2-16-13-18(17-7-9-32-10-8-17)3-6-21(16)34-27-33-15-20(28(29,30)31)24(35-27)22-14-23-25(40-22)26(37)36(19-4-5-19)11-12-41(23,38)39/h3,6,13-15,17,19,32H,2,4-5,7-12H2,1H3,(H,33,34,35). The molecular weight excluding hydrogens is 575 g/mol. The molecule has 41 heavy (non-hydrogen) atoms. The largest absolute Gasteiger partial charge is 0.420 e. The quantitative estimate of drug-likeness (QED) is 0.388. The number of aromatic nitrogens is 2. The first kappa shape index (κ1) is 28.1. The first-order chi connectivity index (χ1) is 19.5. The summed E-state index contributed by atoms with van der Waals surface area (Å²) in [4.78, 5) is 22.6. The molecule has 1 saturated carbocycles. The molecule has 13 heteroatoms. The molecule has 0 atom stereocenters. The summed E-state index contributed by atoms with van der Waals surface area (Å²) in [6.07, 6.45) is 0.282. The van der Waals surface area contributed by atoms with E-state index in [1.807, 2.05) is 19.1 Å². The van der Waals surface area contributed by atoms with Gasteiger partial charge in [-0.15, -0.1) is 11.3 Å². The number of alkyl halides is 3. The fraction of sp³-hybridized carbons (Fsp3) is 0.464. The number of nitrogens with zero attached hydrogens (tertiary/aromatic N) is 3. The number of benzene rings is 1. The number of thiophene rings is 1. The van der Waals surface area contributed by atoms with Gasteiger partial charge in [-0.05, 0) is 74.4 Å². The molecule has 4 heterocycles. The molecule has 0 unspecified atom stereocenters. The van der Waals surface area contributed by atoms with Crippen molar-refractivity contribution in [1.82, 2.24) is 20.2 Å². The zero-order valence-electron chi connectivity index (χ0n) is 22.4. The van der Waals surface area contributed by atoms with Crippen molar-refractivity contribution in [2.24, 2.45) is 0 Å². The summed E-state index contributed by atoms with van der Waals surface area (Å²) in [5, 5.41) is 6.44. The van der Waals surface area contributed by atoms with Gasteiger partial charge in [0.1, 0.15) is 10.4 Å². The summed E-state index contributed by atoms with van der Waals surface area (Å²) in [5.74, 6) is -0.320. The Balaban J connectivity index is 1.38. The molecule has 1 aromatic carbocycles. The van der Waals surface area contributed by atoms with Gasteiger partial charge >= 0.3 is 6.18 Å². The van der Waals surface area contributed by atoms with Crippen LogP contribution < -0.4 is 10.6 Å². The zero-order valence-corrected chi connectivity index (χ0v) is 24.1. The molecule has 1 saturated heterocycles. The predicted octanol–water partition coefficient (Wildman–Crippen LogP) is 5.39. The monoisotopic (exact) mass is 605 g/mol. The predicted molar refractivity (Wildman–Crippen MR) is 150 cm³/mol. The molecule has 1 aliphatic carbocycles. The van der Waals surface area contributed by atoms with E-state index in [4.69, 9.17) is 0 Å². The van der Waals surface area contributed by atoms with Gasteiger partial charge in [-0.25, -0.2) is 18.4 Å². The molecule has 3 aromatic rings.